The Morgan fingerprint density at radius 1 is 1.13 bits per heavy atom. The lowest BCUT2D eigenvalue weighted by Crippen LogP contribution is -2.39. The zero-order chi connectivity index (χ0) is 27.0. The van der Waals surface area contributed by atoms with Crippen molar-refractivity contribution in [2.24, 2.45) is 4.99 Å². The van der Waals surface area contributed by atoms with Crippen LogP contribution in [0, 0.1) is 0 Å². The molecule has 1 aliphatic rings. The standard InChI is InChI=1S/C28H21ClN2O6S/c1-3-36-27(35)23-15(2)30-28-31(24(23)17-8-10-19(29)11-9-17)25(32)22(38-28)14-20-12-13-21(37-20)16-4-6-18(7-5-16)26(33)34/h4-14,24H,3H2,1-2H3,(H,33,34)/p-1/b22-14-/t24-/m1/s1. The maximum atomic E-state index is 13.7. The molecule has 38 heavy (non-hydrogen) atoms. The van der Waals surface area contributed by atoms with Gasteiger partial charge in [0.1, 0.15) is 11.5 Å². The summed E-state index contributed by atoms with van der Waals surface area (Å²) in [5, 5.41) is 11.5. The average molecular weight is 548 g/mol. The molecule has 5 rings (SSSR count). The number of carboxylic acids is 1. The van der Waals surface area contributed by atoms with E-state index in [1.807, 2.05) is 0 Å². The van der Waals surface area contributed by atoms with Crippen LogP contribution in [0.3, 0.4) is 0 Å². The van der Waals surface area contributed by atoms with Crippen LogP contribution in [0.4, 0.5) is 0 Å². The smallest absolute Gasteiger partial charge is 0.338 e. The van der Waals surface area contributed by atoms with Crippen molar-refractivity contribution in [2.45, 2.75) is 19.9 Å². The first-order valence-electron chi connectivity index (χ1n) is 11.6. The summed E-state index contributed by atoms with van der Waals surface area (Å²) < 4.78 is 13.1. The molecule has 0 spiro atoms. The molecule has 0 N–H and O–H groups in total. The van der Waals surface area contributed by atoms with Crippen molar-refractivity contribution >= 4 is 41.0 Å². The van der Waals surface area contributed by atoms with Gasteiger partial charge in [0.25, 0.3) is 5.56 Å². The van der Waals surface area contributed by atoms with E-state index in [-0.39, 0.29) is 23.3 Å². The first-order chi connectivity index (χ1) is 18.3. The number of hydrogen-bond donors (Lipinski definition) is 0. The lowest BCUT2D eigenvalue weighted by Gasteiger charge is -2.24. The molecule has 8 nitrogen and oxygen atoms in total. The van der Waals surface area contributed by atoms with Gasteiger partial charge in [-0.25, -0.2) is 9.79 Å². The maximum Gasteiger partial charge on any atom is 0.338 e. The lowest BCUT2D eigenvalue weighted by molar-refractivity contribution is -0.255. The number of hydrogen-bond acceptors (Lipinski definition) is 8. The second-order valence-electron chi connectivity index (χ2n) is 8.42. The van der Waals surface area contributed by atoms with Gasteiger partial charge in [-0.1, -0.05) is 59.3 Å². The van der Waals surface area contributed by atoms with Crippen LogP contribution in [0.2, 0.25) is 5.02 Å². The fraction of sp³-hybridized carbons (Fsp3) is 0.143. The summed E-state index contributed by atoms with van der Waals surface area (Å²) in [5.74, 6) is -0.860. The van der Waals surface area contributed by atoms with E-state index in [1.165, 1.54) is 28.0 Å². The molecule has 1 aliphatic heterocycles. The number of carbonyl (C=O) groups is 2. The Morgan fingerprint density at radius 3 is 2.50 bits per heavy atom. The Kier molecular flexibility index (Phi) is 6.88. The van der Waals surface area contributed by atoms with Crippen molar-refractivity contribution in [2.75, 3.05) is 6.61 Å². The third-order valence-electron chi connectivity index (χ3n) is 6.01. The minimum Gasteiger partial charge on any atom is -0.545 e. The summed E-state index contributed by atoms with van der Waals surface area (Å²) in [6.07, 6.45) is 1.62. The van der Waals surface area contributed by atoms with E-state index in [0.717, 1.165) is 0 Å². The van der Waals surface area contributed by atoms with E-state index in [1.54, 1.807) is 68.5 Å². The second kappa shape index (κ2) is 10.3. The number of carbonyl (C=O) groups excluding carboxylic acids is 2. The van der Waals surface area contributed by atoms with Gasteiger partial charge in [0.05, 0.1) is 34.4 Å². The predicted octanol–water partition coefficient (Wildman–Crippen LogP) is 3.08. The first-order valence-corrected chi connectivity index (χ1v) is 12.8. The maximum absolute atomic E-state index is 13.7. The number of thiazole rings is 1. The molecule has 2 aromatic heterocycles. The summed E-state index contributed by atoms with van der Waals surface area (Å²) in [6, 6.07) is 15.8. The van der Waals surface area contributed by atoms with Crippen molar-refractivity contribution in [3.63, 3.8) is 0 Å². The lowest BCUT2D eigenvalue weighted by atomic mass is 9.96. The van der Waals surface area contributed by atoms with E-state index in [2.05, 4.69) is 4.99 Å². The van der Waals surface area contributed by atoms with E-state index >= 15 is 0 Å². The molecule has 192 valence electrons. The van der Waals surface area contributed by atoms with Crippen LogP contribution < -0.4 is 20.0 Å². The molecule has 3 heterocycles. The molecular weight excluding hydrogens is 528 g/mol. The largest absolute Gasteiger partial charge is 0.545 e. The molecule has 0 saturated carbocycles. The first kappa shape index (κ1) is 25.4. The summed E-state index contributed by atoms with van der Waals surface area (Å²) in [6.45, 7) is 3.62. The van der Waals surface area contributed by atoms with Crippen molar-refractivity contribution in [1.29, 1.82) is 0 Å². The third-order valence-corrected chi connectivity index (χ3v) is 7.24. The summed E-state index contributed by atoms with van der Waals surface area (Å²) in [7, 11) is 0. The Morgan fingerprint density at radius 2 is 1.84 bits per heavy atom. The summed E-state index contributed by atoms with van der Waals surface area (Å²) in [5.41, 5.74) is 1.85. The number of ether oxygens (including phenoxy) is 1. The molecular formula is C28H20ClN2O6S-. The van der Waals surface area contributed by atoms with Crippen molar-refractivity contribution in [1.82, 2.24) is 4.57 Å². The Labute approximate surface area is 225 Å². The molecule has 0 unspecified atom stereocenters. The van der Waals surface area contributed by atoms with E-state index < -0.39 is 18.0 Å². The molecule has 0 radical (unpaired) electrons. The van der Waals surface area contributed by atoms with Crippen LogP contribution in [0.1, 0.15) is 41.6 Å². The molecule has 4 aromatic rings. The molecule has 0 aliphatic carbocycles. The second-order valence-corrected chi connectivity index (χ2v) is 9.87. The summed E-state index contributed by atoms with van der Waals surface area (Å²) >= 11 is 7.27. The number of fused-ring (bicyclic) bond motifs is 1. The van der Waals surface area contributed by atoms with Crippen molar-refractivity contribution in [3.05, 3.63) is 114 Å². The highest BCUT2D eigenvalue weighted by Gasteiger charge is 2.33. The number of esters is 1. The SMILES string of the molecule is CCOC(=O)C1=C(C)N=c2s/c(=C\c3ccc(-c4ccc(C(=O)[O-])cc4)o3)c(=O)n2[C@@H]1c1ccc(Cl)cc1. The highest BCUT2D eigenvalue weighted by atomic mass is 35.5. The van der Waals surface area contributed by atoms with Crippen LogP contribution in [0.25, 0.3) is 17.4 Å². The van der Waals surface area contributed by atoms with Crippen LogP contribution >= 0.6 is 22.9 Å². The number of benzene rings is 2. The van der Waals surface area contributed by atoms with Gasteiger partial charge >= 0.3 is 5.97 Å². The molecule has 0 amide bonds. The van der Waals surface area contributed by atoms with Crippen molar-refractivity contribution < 1.29 is 23.8 Å². The predicted molar refractivity (Wildman–Crippen MR) is 140 cm³/mol. The number of halogens is 1. The van der Waals surface area contributed by atoms with Gasteiger partial charge in [-0.15, -0.1) is 0 Å². The fourth-order valence-corrected chi connectivity index (χ4v) is 5.39. The zero-order valence-electron chi connectivity index (χ0n) is 20.3. The number of rotatable bonds is 6. The normalized spacial score (nSPS) is 15.2. The molecule has 0 fully saturated rings. The fourth-order valence-electron chi connectivity index (χ4n) is 4.24. The third kappa shape index (κ3) is 4.73. The van der Waals surface area contributed by atoms with Gasteiger partial charge in [-0.2, -0.15) is 0 Å². The quantitative estimate of drug-likeness (QED) is 0.343. The van der Waals surface area contributed by atoms with E-state index in [9.17, 15) is 19.5 Å². The minimum atomic E-state index is -1.26. The number of aromatic nitrogens is 1. The van der Waals surface area contributed by atoms with Gasteiger partial charge in [0.15, 0.2) is 4.80 Å². The monoisotopic (exact) mass is 547 g/mol. The average Bonchev–Trinajstić information content (AvgIpc) is 3.48. The highest BCUT2D eigenvalue weighted by molar-refractivity contribution is 7.07. The van der Waals surface area contributed by atoms with Crippen LogP contribution in [-0.2, 0) is 9.53 Å². The molecule has 1 atom stereocenters. The molecule has 0 saturated heterocycles. The Bertz CT molecular complexity index is 1760. The number of carboxylic acid groups (broad SMARTS) is 1. The number of furan rings is 1. The number of nitrogens with zero attached hydrogens (tertiary/aromatic N) is 2. The Balaban J connectivity index is 1.59. The highest BCUT2D eigenvalue weighted by Crippen LogP contribution is 2.31. The molecule has 0 bridgehead atoms. The Hall–Kier alpha value is -4.21. The zero-order valence-corrected chi connectivity index (χ0v) is 21.8. The van der Waals surface area contributed by atoms with Gasteiger partial charge in [0.2, 0.25) is 0 Å². The summed E-state index contributed by atoms with van der Waals surface area (Å²) in [4.78, 5) is 42.6. The van der Waals surface area contributed by atoms with Crippen LogP contribution in [0.15, 0.2) is 86.1 Å². The van der Waals surface area contributed by atoms with Gasteiger partial charge < -0.3 is 19.1 Å². The van der Waals surface area contributed by atoms with Gasteiger partial charge in [-0.3, -0.25) is 9.36 Å². The van der Waals surface area contributed by atoms with E-state index in [0.29, 0.717) is 42.7 Å². The van der Waals surface area contributed by atoms with Crippen LogP contribution in [-0.4, -0.2) is 23.1 Å². The topological polar surface area (TPSA) is 114 Å². The minimum absolute atomic E-state index is 0.0642. The molecule has 10 heteroatoms. The molecule has 2 aromatic carbocycles. The van der Waals surface area contributed by atoms with Gasteiger partial charge in [-0.05, 0) is 49.2 Å². The van der Waals surface area contributed by atoms with Crippen LogP contribution in [0.5, 0.6) is 0 Å². The number of aromatic carboxylic acids is 1. The number of allylic oxidation sites excluding steroid dienone is 1. The van der Waals surface area contributed by atoms with E-state index in [4.69, 9.17) is 20.8 Å². The van der Waals surface area contributed by atoms with Gasteiger partial charge in [0, 0.05) is 16.7 Å². The van der Waals surface area contributed by atoms with Crippen molar-refractivity contribution in [3.8, 4) is 11.3 Å².